The minimum atomic E-state index is -2.61. The van der Waals surface area contributed by atoms with Crippen LogP contribution in [0.25, 0.3) is 5.82 Å². The van der Waals surface area contributed by atoms with Gasteiger partial charge in [0.25, 0.3) is 6.43 Å². The molecule has 0 aliphatic rings. The Morgan fingerprint density at radius 1 is 1.38 bits per heavy atom. The summed E-state index contributed by atoms with van der Waals surface area (Å²) in [6.07, 6.45) is -2.61. The number of halogens is 3. The van der Waals surface area contributed by atoms with E-state index in [-0.39, 0.29) is 15.5 Å². The number of aromatic nitrogens is 4. The van der Waals surface area contributed by atoms with Crippen LogP contribution in [0, 0.1) is 4.64 Å². The summed E-state index contributed by atoms with van der Waals surface area (Å²) in [5.41, 5.74) is -0.262. The van der Waals surface area contributed by atoms with E-state index in [0.29, 0.717) is 5.82 Å². The molecule has 0 aliphatic heterocycles. The quantitative estimate of drug-likeness (QED) is 0.847. The van der Waals surface area contributed by atoms with E-state index in [1.54, 1.807) is 0 Å². The summed E-state index contributed by atoms with van der Waals surface area (Å²) in [5.74, 6) is 0.307. The van der Waals surface area contributed by atoms with E-state index in [4.69, 9.17) is 23.8 Å². The average molecular weight is 263 g/mol. The van der Waals surface area contributed by atoms with Gasteiger partial charge in [-0.3, -0.25) is 5.10 Å². The highest BCUT2D eigenvalue weighted by molar-refractivity contribution is 7.71. The van der Waals surface area contributed by atoms with Crippen molar-refractivity contribution in [1.82, 2.24) is 20.0 Å². The second kappa shape index (κ2) is 4.26. The topological polar surface area (TPSA) is 46.5 Å². The molecule has 16 heavy (non-hydrogen) atoms. The highest BCUT2D eigenvalue weighted by Gasteiger charge is 2.12. The average Bonchev–Trinajstić information content (AvgIpc) is 2.62. The van der Waals surface area contributed by atoms with Crippen LogP contribution in [0.2, 0.25) is 5.15 Å². The van der Waals surface area contributed by atoms with E-state index >= 15 is 0 Å². The van der Waals surface area contributed by atoms with E-state index in [0.717, 1.165) is 0 Å². The predicted octanol–water partition coefficient (Wildman–Crippen LogP) is 2.92. The molecule has 2 heterocycles. The molecule has 0 unspecified atom stereocenters. The van der Waals surface area contributed by atoms with Gasteiger partial charge in [0, 0.05) is 6.07 Å². The van der Waals surface area contributed by atoms with Gasteiger partial charge in [-0.1, -0.05) is 23.8 Å². The van der Waals surface area contributed by atoms with Crippen molar-refractivity contribution >= 4 is 23.8 Å². The summed E-state index contributed by atoms with van der Waals surface area (Å²) in [4.78, 5) is 0. The van der Waals surface area contributed by atoms with Crippen LogP contribution < -0.4 is 0 Å². The molecule has 2 rings (SSSR count). The summed E-state index contributed by atoms with van der Waals surface area (Å²) in [7, 11) is 0. The summed E-state index contributed by atoms with van der Waals surface area (Å²) >= 11 is 10.5. The normalized spacial score (nSPS) is 11.0. The third kappa shape index (κ3) is 2.10. The van der Waals surface area contributed by atoms with Crippen LogP contribution in [0.3, 0.4) is 0 Å². The first kappa shape index (κ1) is 11.2. The van der Waals surface area contributed by atoms with Crippen LogP contribution in [0.5, 0.6) is 0 Å². The number of hydrogen-bond acceptors (Lipinski definition) is 3. The molecule has 2 aromatic heterocycles. The fourth-order valence-corrected chi connectivity index (χ4v) is 1.49. The smallest absolute Gasteiger partial charge is 0.279 e. The zero-order chi connectivity index (χ0) is 11.7. The van der Waals surface area contributed by atoms with Gasteiger partial charge in [-0.2, -0.15) is 0 Å². The first-order valence-electron chi connectivity index (χ1n) is 4.17. The van der Waals surface area contributed by atoms with E-state index in [2.05, 4.69) is 15.3 Å². The lowest BCUT2D eigenvalue weighted by Gasteiger charge is -2.00. The van der Waals surface area contributed by atoms with Gasteiger partial charge in [0.2, 0.25) is 0 Å². The van der Waals surface area contributed by atoms with Gasteiger partial charge in [0.15, 0.2) is 11.0 Å². The number of nitrogens with zero attached hydrogens (tertiary/aromatic N) is 3. The number of rotatable bonds is 2. The third-order valence-electron chi connectivity index (χ3n) is 1.82. The van der Waals surface area contributed by atoms with E-state index in [1.165, 1.54) is 22.9 Å². The predicted molar refractivity (Wildman–Crippen MR) is 56.5 cm³/mol. The Labute approximate surface area is 98.9 Å². The Bertz CT molecular complexity index is 548. The minimum absolute atomic E-state index is 0.201. The van der Waals surface area contributed by atoms with Crippen LogP contribution in [-0.2, 0) is 0 Å². The largest absolute Gasteiger partial charge is 0.290 e. The maximum Gasteiger partial charge on any atom is 0.279 e. The molecule has 0 aliphatic carbocycles. The third-order valence-corrected chi connectivity index (χ3v) is 2.32. The lowest BCUT2D eigenvalue weighted by molar-refractivity contribution is 0.145. The summed E-state index contributed by atoms with van der Waals surface area (Å²) in [6.45, 7) is 0. The van der Waals surface area contributed by atoms with Gasteiger partial charge in [0.05, 0.1) is 0 Å². The van der Waals surface area contributed by atoms with E-state index in [9.17, 15) is 8.78 Å². The van der Waals surface area contributed by atoms with Crippen molar-refractivity contribution < 1.29 is 8.78 Å². The summed E-state index contributed by atoms with van der Waals surface area (Å²) < 4.78 is 26.2. The molecule has 0 spiro atoms. The number of aromatic amines is 1. The standard InChI is InChI=1S/C8H5ClF2N4S/c9-5-1-2-6(13-12-5)15-7(16)3-4(14-15)8(10)11/h1-3,8,14H. The molecule has 0 radical (unpaired) electrons. The number of alkyl halides is 2. The number of hydrogen-bond donors (Lipinski definition) is 1. The summed E-state index contributed by atoms with van der Waals surface area (Å²) in [5, 5.41) is 9.96. The van der Waals surface area contributed by atoms with Gasteiger partial charge in [0.1, 0.15) is 10.3 Å². The Kier molecular flexibility index (Phi) is 2.97. The Balaban J connectivity index is 2.48. The monoisotopic (exact) mass is 262 g/mol. The van der Waals surface area contributed by atoms with Gasteiger partial charge < -0.3 is 0 Å². The Hall–Kier alpha value is -1.34. The Morgan fingerprint density at radius 3 is 2.62 bits per heavy atom. The molecule has 0 amide bonds. The first-order valence-corrected chi connectivity index (χ1v) is 4.96. The maximum atomic E-state index is 12.4. The SMILES string of the molecule is FC(F)c1cc(=S)n(-c2ccc(Cl)nn2)[nH]1. The lowest BCUT2D eigenvalue weighted by atomic mass is 10.5. The van der Waals surface area contributed by atoms with Gasteiger partial charge in [-0.15, -0.1) is 10.2 Å². The van der Waals surface area contributed by atoms with Crippen LogP contribution >= 0.6 is 23.8 Å². The van der Waals surface area contributed by atoms with Crippen LogP contribution in [-0.4, -0.2) is 20.0 Å². The van der Waals surface area contributed by atoms with Crippen molar-refractivity contribution in [2.45, 2.75) is 6.43 Å². The molecule has 0 bridgehead atoms. The van der Waals surface area contributed by atoms with E-state index in [1.807, 2.05) is 0 Å². The molecule has 4 nitrogen and oxygen atoms in total. The molecule has 0 atom stereocenters. The summed E-state index contributed by atoms with van der Waals surface area (Å²) in [6, 6.07) is 4.20. The second-order valence-electron chi connectivity index (χ2n) is 2.90. The minimum Gasteiger partial charge on any atom is -0.290 e. The van der Waals surface area contributed by atoms with Crippen LogP contribution in [0.15, 0.2) is 18.2 Å². The zero-order valence-electron chi connectivity index (χ0n) is 7.69. The first-order chi connectivity index (χ1) is 7.58. The van der Waals surface area contributed by atoms with Gasteiger partial charge >= 0.3 is 0 Å². The molecule has 0 saturated heterocycles. The molecule has 0 aromatic carbocycles. The molecule has 0 fully saturated rings. The lowest BCUT2D eigenvalue weighted by Crippen LogP contribution is -2.01. The fraction of sp³-hybridized carbons (Fsp3) is 0.125. The van der Waals surface area contributed by atoms with Crippen LogP contribution in [0.1, 0.15) is 12.1 Å². The fourth-order valence-electron chi connectivity index (χ4n) is 1.12. The number of nitrogens with one attached hydrogen (secondary N) is 1. The van der Waals surface area contributed by atoms with Crippen molar-refractivity contribution in [2.75, 3.05) is 0 Å². The second-order valence-corrected chi connectivity index (χ2v) is 3.71. The van der Waals surface area contributed by atoms with Crippen molar-refractivity contribution in [3.8, 4) is 5.82 Å². The molecule has 8 heteroatoms. The van der Waals surface area contributed by atoms with Crippen molar-refractivity contribution in [1.29, 1.82) is 0 Å². The highest BCUT2D eigenvalue weighted by atomic mass is 35.5. The maximum absolute atomic E-state index is 12.4. The molecule has 0 saturated carbocycles. The van der Waals surface area contributed by atoms with E-state index < -0.39 is 6.43 Å². The molecular weight excluding hydrogens is 258 g/mol. The molecular formula is C8H5ClF2N4S. The molecule has 2 aromatic rings. The number of H-pyrrole nitrogens is 1. The zero-order valence-corrected chi connectivity index (χ0v) is 9.27. The van der Waals surface area contributed by atoms with Crippen molar-refractivity contribution in [2.24, 2.45) is 0 Å². The Morgan fingerprint density at radius 2 is 2.12 bits per heavy atom. The molecule has 1 N–H and O–H groups in total. The van der Waals surface area contributed by atoms with Crippen molar-refractivity contribution in [3.63, 3.8) is 0 Å². The van der Waals surface area contributed by atoms with Gasteiger partial charge in [-0.05, 0) is 12.1 Å². The van der Waals surface area contributed by atoms with Crippen molar-refractivity contribution in [3.05, 3.63) is 33.7 Å². The van der Waals surface area contributed by atoms with Gasteiger partial charge in [-0.25, -0.2) is 13.5 Å². The van der Waals surface area contributed by atoms with Crippen LogP contribution in [0.4, 0.5) is 8.78 Å². The molecule has 84 valence electrons. The highest BCUT2D eigenvalue weighted by Crippen LogP contribution is 2.18.